The molecule has 1 N–H and O–H groups in total. The van der Waals surface area contributed by atoms with Crippen LogP contribution in [-0.2, 0) is 16.4 Å². The highest BCUT2D eigenvalue weighted by molar-refractivity contribution is 7.90. The molecule has 0 fully saturated rings. The molecule has 9 heteroatoms. The summed E-state index contributed by atoms with van der Waals surface area (Å²) >= 11 is 18.3. The minimum Gasteiger partial charge on any atom is -0.313 e. The van der Waals surface area contributed by atoms with E-state index in [0.29, 0.717) is 6.42 Å². The molecule has 3 aromatic rings. The summed E-state index contributed by atoms with van der Waals surface area (Å²) in [6.07, 6.45) is 2.95. The monoisotopic (exact) mass is 472 g/mol. The van der Waals surface area contributed by atoms with Crippen molar-refractivity contribution in [3.05, 3.63) is 74.6 Å². The minimum atomic E-state index is -4.22. The normalized spacial score (nSPS) is 16.2. The Balaban J connectivity index is 2.04. The van der Waals surface area contributed by atoms with E-state index in [1.165, 1.54) is 24.4 Å². The molecule has 4 nitrogen and oxygen atoms in total. The van der Waals surface area contributed by atoms with E-state index in [0.717, 1.165) is 21.5 Å². The van der Waals surface area contributed by atoms with Gasteiger partial charge in [0.05, 0.1) is 15.7 Å². The van der Waals surface area contributed by atoms with E-state index in [4.69, 9.17) is 34.8 Å². The number of halogens is 4. The topological polar surface area (TPSA) is 51.1 Å². The van der Waals surface area contributed by atoms with Crippen molar-refractivity contribution >= 4 is 44.8 Å². The molecule has 1 aromatic heterocycles. The Morgan fingerprint density at radius 2 is 1.79 bits per heavy atom. The highest BCUT2D eigenvalue weighted by atomic mass is 35.5. The maximum atomic E-state index is 14.7. The van der Waals surface area contributed by atoms with Crippen molar-refractivity contribution in [2.24, 2.45) is 0 Å². The van der Waals surface area contributed by atoms with Gasteiger partial charge in [0.15, 0.2) is 0 Å². The summed E-state index contributed by atoms with van der Waals surface area (Å²) in [6, 6.07) is 8.71. The second-order valence-corrected chi connectivity index (χ2v) is 9.77. The van der Waals surface area contributed by atoms with Crippen LogP contribution in [0.25, 0.3) is 11.3 Å². The lowest BCUT2D eigenvalue weighted by atomic mass is 10.1. The van der Waals surface area contributed by atoms with Gasteiger partial charge in [-0.1, -0.05) is 46.9 Å². The van der Waals surface area contributed by atoms with Crippen molar-refractivity contribution in [3.63, 3.8) is 0 Å². The summed E-state index contributed by atoms with van der Waals surface area (Å²) in [5.41, 5.74) is 2.10. The van der Waals surface area contributed by atoms with E-state index in [1.807, 2.05) is 0 Å². The number of hydrogen-bond donors (Lipinski definition) is 1. The number of nitrogens with zero attached hydrogens (tertiary/aromatic N) is 1. The first kappa shape index (κ1) is 20.7. The quantitative estimate of drug-likeness (QED) is 0.529. The second-order valence-electron chi connectivity index (χ2n) is 6.77. The third-order valence-electron chi connectivity index (χ3n) is 5.13. The Hall–Kier alpha value is -1.57. The maximum Gasteiger partial charge on any atom is 0.271 e. The fourth-order valence-electron chi connectivity index (χ4n) is 3.84. The average Bonchev–Trinajstić information content (AvgIpc) is 3.20. The largest absolute Gasteiger partial charge is 0.313 e. The summed E-state index contributed by atoms with van der Waals surface area (Å²) in [5, 5.41) is 3.20. The average molecular weight is 474 g/mol. The zero-order valence-corrected chi connectivity index (χ0v) is 18.3. The van der Waals surface area contributed by atoms with Gasteiger partial charge in [-0.25, -0.2) is 16.8 Å². The lowest BCUT2D eigenvalue weighted by Gasteiger charge is -2.15. The van der Waals surface area contributed by atoms with Crippen LogP contribution in [0.4, 0.5) is 4.39 Å². The first-order valence-electron chi connectivity index (χ1n) is 8.82. The zero-order valence-electron chi connectivity index (χ0n) is 15.2. The van der Waals surface area contributed by atoms with Crippen molar-refractivity contribution < 1.29 is 12.8 Å². The zero-order chi connectivity index (χ0) is 20.9. The van der Waals surface area contributed by atoms with Crippen molar-refractivity contribution in [3.8, 4) is 11.3 Å². The number of fused-ring (bicyclic) bond motifs is 1. The third-order valence-corrected chi connectivity index (χ3v) is 7.93. The van der Waals surface area contributed by atoms with Crippen molar-refractivity contribution in [1.29, 1.82) is 0 Å². The van der Waals surface area contributed by atoms with Crippen LogP contribution in [0.15, 0.2) is 47.5 Å². The highest BCUT2D eigenvalue weighted by Gasteiger charge is 2.34. The lowest BCUT2D eigenvalue weighted by Crippen LogP contribution is -2.17. The van der Waals surface area contributed by atoms with E-state index in [1.54, 1.807) is 25.2 Å². The molecular formula is C20H16Cl3FN2O2S. The predicted molar refractivity (Wildman–Crippen MR) is 114 cm³/mol. The second kappa shape index (κ2) is 7.60. The summed E-state index contributed by atoms with van der Waals surface area (Å²) in [6.45, 7) is 0. The Morgan fingerprint density at radius 3 is 2.41 bits per heavy atom. The van der Waals surface area contributed by atoms with Gasteiger partial charge in [-0.3, -0.25) is 0 Å². The Kier molecular flexibility index (Phi) is 5.42. The summed E-state index contributed by atoms with van der Waals surface area (Å²) in [7, 11) is -2.42. The molecule has 0 saturated carbocycles. The van der Waals surface area contributed by atoms with Crippen molar-refractivity contribution in [1.82, 2.24) is 9.29 Å². The Labute approximate surface area is 183 Å². The molecule has 1 heterocycles. The molecule has 1 aliphatic rings. The summed E-state index contributed by atoms with van der Waals surface area (Å²) in [4.78, 5) is -0.266. The van der Waals surface area contributed by atoms with Crippen LogP contribution in [0.1, 0.15) is 23.6 Å². The van der Waals surface area contributed by atoms with Gasteiger partial charge >= 0.3 is 0 Å². The van der Waals surface area contributed by atoms with Gasteiger partial charge < -0.3 is 5.32 Å². The Bertz CT molecular complexity index is 1200. The Morgan fingerprint density at radius 1 is 1.14 bits per heavy atom. The smallest absolute Gasteiger partial charge is 0.271 e. The van der Waals surface area contributed by atoms with Gasteiger partial charge in [0.2, 0.25) is 0 Å². The molecule has 0 bridgehead atoms. The molecule has 1 unspecified atom stereocenters. The number of nitrogens with one attached hydrogen (secondary N) is 1. The van der Waals surface area contributed by atoms with Crippen LogP contribution >= 0.6 is 34.8 Å². The number of hydrogen-bond acceptors (Lipinski definition) is 3. The van der Waals surface area contributed by atoms with E-state index in [9.17, 15) is 12.8 Å². The first-order valence-corrected chi connectivity index (χ1v) is 11.4. The van der Waals surface area contributed by atoms with Gasteiger partial charge in [0.25, 0.3) is 10.0 Å². The van der Waals surface area contributed by atoms with Gasteiger partial charge in [0, 0.05) is 22.8 Å². The molecular weight excluding hydrogens is 458 g/mol. The first-order chi connectivity index (χ1) is 13.8. The molecule has 0 aliphatic heterocycles. The summed E-state index contributed by atoms with van der Waals surface area (Å²) < 4.78 is 43.0. The van der Waals surface area contributed by atoms with E-state index in [2.05, 4.69) is 5.32 Å². The van der Waals surface area contributed by atoms with E-state index in [-0.39, 0.29) is 37.3 Å². The van der Waals surface area contributed by atoms with Crippen LogP contribution in [0.2, 0.25) is 15.1 Å². The molecule has 0 radical (unpaired) electrons. The fraction of sp³-hybridized carbons (Fsp3) is 0.200. The third kappa shape index (κ3) is 3.37. The maximum absolute atomic E-state index is 14.7. The molecule has 4 rings (SSSR count). The number of benzene rings is 2. The minimum absolute atomic E-state index is 0.0249. The van der Waals surface area contributed by atoms with Crippen LogP contribution in [0.5, 0.6) is 0 Å². The van der Waals surface area contributed by atoms with Gasteiger partial charge in [0.1, 0.15) is 10.7 Å². The van der Waals surface area contributed by atoms with Gasteiger partial charge in [-0.15, -0.1) is 0 Å². The number of aromatic nitrogens is 1. The molecule has 152 valence electrons. The molecule has 1 aliphatic carbocycles. The van der Waals surface area contributed by atoms with Crippen molar-refractivity contribution in [2.45, 2.75) is 23.8 Å². The molecule has 2 aromatic carbocycles. The fourth-order valence-corrected chi connectivity index (χ4v) is 6.75. The van der Waals surface area contributed by atoms with Gasteiger partial charge in [-0.05, 0) is 55.3 Å². The van der Waals surface area contributed by atoms with E-state index < -0.39 is 15.8 Å². The molecule has 0 spiro atoms. The lowest BCUT2D eigenvalue weighted by molar-refractivity contribution is 0.578. The van der Waals surface area contributed by atoms with Gasteiger partial charge in [-0.2, -0.15) is 0 Å². The van der Waals surface area contributed by atoms with Crippen LogP contribution in [0.3, 0.4) is 0 Å². The number of rotatable bonds is 4. The van der Waals surface area contributed by atoms with Crippen LogP contribution < -0.4 is 5.32 Å². The van der Waals surface area contributed by atoms with Crippen LogP contribution in [0, 0.1) is 5.82 Å². The predicted octanol–water partition coefficient (Wildman–Crippen LogP) is 5.70. The SMILES string of the molecule is CNC1CCc2c1cn(S(=O)(=O)c1c(Cl)cc(Cl)cc1Cl)c2-c1ccccc1F. The molecule has 29 heavy (non-hydrogen) atoms. The van der Waals surface area contributed by atoms with E-state index >= 15 is 0 Å². The molecule has 0 saturated heterocycles. The van der Waals surface area contributed by atoms with Crippen LogP contribution in [-0.4, -0.2) is 19.4 Å². The molecule has 1 atom stereocenters. The standard InChI is InChI=1S/C20H16Cl3FN2O2S/c1-25-18-7-6-12-14(18)10-26(19(12)13-4-2-3-5-17(13)24)29(27,28)20-15(22)8-11(21)9-16(20)23/h2-5,8-10,18,25H,6-7H2,1H3. The summed E-state index contributed by atoms with van der Waals surface area (Å²) in [5.74, 6) is -0.508. The highest BCUT2D eigenvalue weighted by Crippen LogP contribution is 2.43. The molecule has 0 amide bonds. The van der Waals surface area contributed by atoms with Crippen molar-refractivity contribution in [2.75, 3.05) is 7.05 Å².